The second-order valence-corrected chi connectivity index (χ2v) is 8.23. The van der Waals surface area contributed by atoms with Crippen molar-refractivity contribution in [2.75, 3.05) is 38.6 Å². The first-order valence-electron chi connectivity index (χ1n) is 9.41. The fourth-order valence-corrected chi connectivity index (χ4v) is 4.60. The van der Waals surface area contributed by atoms with Gasteiger partial charge in [-0.25, -0.2) is 0 Å². The monoisotopic (exact) mass is 409 g/mol. The maximum atomic E-state index is 12.7. The minimum atomic E-state index is -4.27. The number of fused-ring (bicyclic) bond motifs is 1. The highest BCUT2D eigenvalue weighted by molar-refractivity contribution is 7.99. The Kier molecular flexibility index (Phi) is 5.73. The van der Waals surface area contributed by atoms with Crippen LogP contribution in [-0.4, -0.2) is 43.5 Å². The molecule has 3 nitrogen and oxygen atoms in total. The van der Waals surface area contributed by atoms with Crippen LogP contribution in [-0.2, 0) is 6.18 Å². The molecule has 1 saturated heterocycles. The van der Waals surface area contributed by atoms with Crippen LogP contribution < -0.4 is 9.47 Å². The molecule has 0 saturated carbocycles. The van der Waals surface area contributed by atoms with Crippen molar-refractivity contribution >= 4 is 11.8 Å². The van der Waals surface area contributed by atoms with E-state index >= 15 is 0 Å². The zero-order valence-electron chi connectivity index (χ0n) is 15.4. The Morgan fingerprint density at radius 2 is 1.75 bits per heavy atom. The van der Waals surface area contributed by atoms with Gasteiger partial charge in [-0.1, -0.05) is 12.1 Å². The lowest BCUT2D eigenvalue weighted by molar-refractivity contribution is -0.137. The van der Waals surface area contributed by atoms with Gasteiger partial charge in [0, 0.05) is 23.7 Å². The molecule has 1 fully saturated rings. The molecular formula is C21H22F3NO2S. The van der Waals surface area contributed by atoms with Gasteiger partial charge in [-0.15, -0.1) is 11.8 Å². The number of rotatable bonds is 5. The van der Waals surface area contributed by atoms with Crippen molar-refractivity contribution in [2.45, 2.75) is 23.4 Å². The topological polar surface area (TPSA) is 21.7 Å². The lowest BCUT2D eigenvalue weighted by atomic mass is 9.97. The third kappa shape index (κ3) is 4.58. The summed E-state index contributed by atoms with van der Waals surface area (Å²) in [6.07, 6.45) is -3.29. The predicted molar refractivity (Wildman–Crippen MR) is 103 cm³/mol. The van der Waals surface area contributed by atoms with E-state index in [-0.39, 0.29) is 0 Å². The van der Waals surface area contributed by atoms with E-state index < -0.39 is 11.7 Å². The first-order valence-corrected chi connectivity index (χ1v) is 10.4. The van der Waals surface area contributed by atoms with Gasteiger partial charge in [0.05, 0.1) is 5.56 Å². The molecule has 2 aromatic carbocycles. The Morgan fingerprint density at radius 1 is 1.00 bits per heavy atom. The summed E-state index contributed by atoms with van der Waals surface area (Å²) in [4.78, 5) is 3.54. The van der Waals surface area contributed by atoms with Gasteiger partial charge in [0.1, 0.15) is 13.2 Å². The Morgan fingerprint density at radius 3 is 2.50 bits per heavy atom. The summed E-state index contributed by atoms with van der Waals surface area (Å²) in [5, 5.41) is 0. The van der Waals surface area contributed by atoms with E-state index in [1.807, 2.05) is 18.2 Å². The second kappa shape index (κ2) is 8.25. The highest BCUT2D eigenvalue weighted by Gasteiger charge is 2.31. The fraction of sp³-hybridized carbons (Fsp3) is 0.429. The molecule has 0 bridgehead atoms. The normalized spacial score (nSPS) is 19.8. The maximum Gasteiger partial charge on any atom is 0.416 e. The Balaban J connectivity index is 1.26. The van der Waals surface area contributed by atoms with Crippen LogP contribution in [0.25, 0.3) is 0 Å². The van der Waals surface area contributed by atoms with Crippen LogP contribution in [0, 0.1) is 0 Å². The molecule has 0 aliphatic carbocycles. The summed E-state index contributed by atoms with van der Waals surface area (Å²) in [6.45, 7) is 4.01. The van der Waals surface area contributed by atoms with Crippen molar-refractivity contribution in [2.24, 2.45) is 0 Å². The van der Waals surface area contributed by atoms with Crippen LogP contribution in [0.5, 0.6) is 11.5 Å². The molecule has 2 aromatic rings. The Hall–Kier alpha value is -1.86. The van der Waals surface area contributed by atoms with Crippen LogP contribution in [0.15, 0.2) is 47.4 Å². The number of alkyl halides is 3. The third-order valence-corrected chi connectivity index (χ3v) is 6.15. The summed E-state index contributed by atoms with van der Waals surface area (Å²) < 4.78 is 49.3. The van der Waals surface area contributed by atoms with E-state index in [2.05, 4.69) is 4.90 Å². The molecule has 4 rings (SSSR count). The number of halogens is 3. The van der Waals surface area contributed by atoms with Crippen LogP contribution in [0.3, 0.4) is 0 Å². The number of benzene rings is 2. The van der Waals surface area contributed by atoms with Crippen molar-refractivity contribution < 1.29 is 22.6 Å². The highest BCUT2D eigenvalue weighted by Crippen LogP contribution is 2.35. The molecule has 0 amide bonds. The molecule has 2 heterocycles. The number of thioether (sulfide) groups is 1. The van der Waals surface area contributed by atoms with Crippen LogP contribution in [0.4, 0.5) is 13.2 Å². The average Bonchev–Trinajstić information content (AvgIpc) is 3.16. The van der Waals surface area contributed by atoms with Crippen molar-refractivity contribution in [1.29, 1.82) is 0 Å². The highest BCUT2D eigenvalue weighted by atomic mass is 32.2. The smallest absolute Gasteiger partial charge is 0.416 e. The molecule has 0 N–H and O–H groups in total. The Labute approximate surface area is 166 Å². The van der Waals surface area contributed by atoms with Gasteiger partial charge >= 0.3 is 6.18 Å². The van der Waals surface area contributed by atoms with Gasteiger partial charge < -0.3 is 14.4 Å². The van der Waals surface area contributed by atoms with Gasteiger partial charge in [0.25, 0.3) is 0 Å². The first kappa shape index (κ1) is 19.5. The van der Waals surface area contributed by atoms with Gasteiger partial charge in [0.2, 0.25) is 0 Å². The third-order valence-electron chi connectivity index (χ3n) is 5.17. The summed E-state index contributed by atoms with van der Waals surface area (Å²) in [6, 6.07) is 11.7. The van der Waals surface area contributed by atoms with Crippen LogP contribution in [0.2, 0.25) is 0 Å². The van der Waals surface area contributed by atoms with E-state index in [1.165, 1.54) is 12.1 Å². The van der Waals surface area contributed by atoms with E-state index in [1.54, 1.807) is 23.9 Å². The zero-order valence-corrected chi connectivity index (χ0v) is 16.2. The standard InChI is InChI=1S/C21H22F3NO2S/c22-21(23,24)17-3-1-15(2-4-17)16-7-8-25(14-16)9-12-28-18-5-6-19-20(13-18)27-11-10-26-19/h1-6,13,16H,7-12,14H2. The van der Waals surface area contributed by atoms with Crippen LogP contribution >= 0.6 is 11.8 Å². The molecule has 1 atom stereocenters. The maximum absolute atomic E-state index is 12.7. The Bertz CT molecular complexity index is 810. The number of hydrogen-bond donors (Lipinski definition) is 0. The number of nitrogens with zero attached hydrogens (tertiary/aromatic N) is 1. The SMILES string of the molecule is FC(F)(F)c1ccc(C2CCN(CCSc3ccc4c(c3)OCCO4)C2)cc1. The van der Waals surface area contributed by atoms with E-state index in [0.717, 1.165) is 53.8 Å². The minimum Gasteiger partial charge on any atom is -0.486 e. The molecule has 0 radical (unpaired) electrons. The van der Waals surface area contributed by atoms with Crippen molar-refractivity contribution in [3.8, 4) is 11.5 Å². The molecule has 0 aromatic heterocycles. The molecule has 0 spiro atoms. The average molecular weight is 409 g/mol. The largest absolute Gasteiger partial charge is 0.486 e. The van der Waals surface area contributed by atoms with Gasteiger partial charge in [0.15, 0.2) is 11.5 Å². The number of ether oxygens (including phenoxy) is 2. The number of likely N-dealkylation sites (tertiary alicyclic amines) is 1. The lowest BCUT2D eigenvalue weighted by Gasteiger charge is -2.19. The van der Waals surface area contributed by atoms with Gasteiger partial charge in [-0.2, -0.15) is 13.2 Å². The molecule has 150 valence electrons. The first-order chi connectivity index (χ1) is 13.5. The van der Waals surface area contributed by atoms with Gasteiger partial charge in [-0.3, -0.25) is 0 Å². The van der Waals surface area contributed by atoms with Crippen molar-refractivity contribution in [3.63, 3.8) is 0 Å². The predicted octanol–water partition coefficient (Wildman–Crippen LogP) is 5.06. The van der Waals surface area contributed by atoms with Crippen molar-refractivity contribution in [1.82, 2.24) is 4.90 Å². The minimum absolute atomic E-state index is 0.307. The molecule has 7 heteroatoms. The van der Waals surface area contributed by atoms with Gasteiger partial charge in [-0.05, 0) is 54.8 Å². The summed E-state index contributed by atoms with van der Waals surface area (Å²) in [5.41, 5.74) is 0.414. The van der Waals surface area contributed by atoms with E-state index in [4.69, 9.17) is 9.47 Å². The summed E-state index contributed by atoms with van der Waals surface area (Å²) in [5.74, 6) is 2.87. The summed E-state index contributed by atoms with van der Waals surface area (Å²) >= 11 is 1.78. The molecular weight excluding hydrogens is 387 g/mol. The van der Waals surface area contributed by atoms with E-state index in [9.17, 15) is 13.2 Å². The lowest BCUT2D eigenvalue weighted by Crippen LogP contribution is -2.23. The van der Waals surface area contributed by atoms with E-state index in [0.29, 0.717) is 19.1 Å². The number of hydrogen-bond acceptors (Lipinski definition) is 4. The fourth-order valence-electron chi connectivity index (χ4n) is 3.66. The summed E-state index contributed by atoms with van der Waals surface area (Å²) in [7, 11) is 0. The quantitative estimate of drug-likeness (QED) is 0.644. The molecule has 2 aliphatic rings. The molecule has 2 aliphatic heterocycles. The molecule has 1 unspecified atom stereocenters. The molecule has 28 heavy (non-hydrogen) atoms. The zero-order chi connectivity index (χ0) is 19.6. The second-order valence-electron chi connectivity index (χ2n) is 7.06. The van der Waals surface area contributed by atoms with Crippen LogP contribution in [0.1, 0.15) is 23.5 Å². The van der Waals surface area contributed by atoms with Crippen molar-refractivity contribution in [3.05, 3.63) is 53.6 Å².